The number of aromatic nitrogens is 1. The molecule has 0 spiro atoms. The first-order chi connectivity index (χ1) is 7.40. The van der Waals surface area contributed by atoms with Crippen molar-refractivity contribution < 1.29 is 4.74 Å². The Labute approximate surface area is 88.9 Å². The lowest BCUT2D eigenvalue weighted by atomic mass is 10.2. The number of nitrogens with zero attached hydrogens (tertiary/aromatic N) is 2. The number of ether oxygens (including phenoxy) is 1. The van der Waals surface area contributed by atoms with Crippen molar-refractivity contribution in [1.29, 1.82) is 5.26 Å². The highest BCUT2D eigenvalue weighted by molar-refractivity contribution is 5.36. The molecule has 15 heavy (non-hydrogen) atoms. The third kappa shape index (κ3) is 2.45. The lowest BCUT2D eigenvalue weighted by Crippen LogP contribution is -2.28. The third-order valence-corrected chi connectivity index (χ3v) is 2.48. The van der Waals surface area contributed by atoms with Crippen molar-refractivity contribution in [2.45, 2.75) is 18.9 Å². The van der Waals surface area contributed by atoms with Crippen LogP contribution in [0.3, 0.4) is 0 Å². The molecule has 2 heterocycles. The van der Waals surface area contributed by atoms with E-state index in [2.05, 4.69) is 10.3 Å². The minimum Gasteiger partial charge on any atom is -0.489 e. The first-order valence-electron chi connectivity index (χ1n) is 5.11. The molecule has 1 fully saturated rings. The fourth-order valence-electron chi connectivity index (χ4n) is 1.68. The van der Waals surface area contributed by atoms with Gasteiger partial charge in [-0.25, -0.2) is 4.98 Å². The standard InChI is InChI=1S/C11H13N3O/c12-7-10-11(4-2-6-14-10)15-8-9-3-1-5-13-9/h2,4,6,9,13H,1,3,5,8H2. The maximum atomic E-state index is 8.80. The van der Waals surface area contributed by atoms with Crippen molar-refractivity contribution in [3.63, 3.8) is 0 Å². The molecule has 1 aromatic heterocycles. The summed E-state index contributed by atoms with van der Waals surface area (Å²) in [7, 11) is 0. The molecule has 0 aliphatic carbocycles. The fourth-order valence-corrected chi connectivity index (χ4v) is 1.68. The van der Waals surface area contributed by atoms with Gasteiger partial charge in [0.05, 0.1) is 0 Å². The largest absolute Gasteiger partial charge is 0.489 e. The predicted molar refractivity (Wildman–Crippen MR) is 55.5 cm³/mol. The minimum absolute atomic E-state index is 0.357. The van der Waals surface area contributed by atoms with Gasteiger partial charge in [0.2, 0.25) is 0 Å². The molecular weight excluding hydrogens is 190 g/mol. The lowest BCUT2D eigenvalue weighted by Gasteiger charge is -2.12. The van der Waals surface area contributed by atoms with Crippen LogP contribution in [0.4, 0.5) is 0 Å². The molecule has 0 amide bonds. The number of rotatable bonds is 3. The van der Waals surface area contributed by atoms with Crippen LogP contribution in [0, 0.1) is 11.3 Å². The maximum Gasteiger partial charge on any atom is 0.182 e. The highest BCUT2D eigenvalue weighted by atomic mass is 16.5. The minimum atomic E-state index is 0.357. The summed E-state index contributed by atoms with van der Waals surface area (Å²) in [6.45, 7) is 1.67. The Morgan fingerprint density at radius 3 is 3.33 bits per heavy atom. The van der Waals surface area contributed by atoms with Gasteiger partial charge in [-0.15, -0.1) is 0 Å². The zero-order valence-electron chi connectivity index (χ0n) is 8.44. The van der Waals surface area contributed by atoms with Gasteiger partial charge in [0.25, 0.3) is 0 Å². The Bertz CT molecular complexity index is 366. The van der Waals surface area contributed by atoms with E-state index in [1.807, 2.05) is 6.07 Å². The summed E-state index contributed by atoms with van der Waals surface area (Å²) in [5.74, 6) is 0.577. The molecule has 1 unspecified atom stereocenters. The number of hydrogen-bond acceptors (Lipinski definition) is 4. The summed E-state index contributed by atoms with van der Waals surface area (Å²) >= 11 is 0. The lowest BCUT2D eigenvalue weighted by molar-refractivity contribution is 0.275. The van der Waals surface area contributed by atoms with E-state index in [9.17, 15) is 0 Å². The molecule has 1 atom stereocenters. The molecule has 1 aliphatic heterocycles. The van der Waals surface area contributed by atoms with E-state index in [0.717, 1.165) is 13.0 Å². The second kappa shape index (κ2) is 4.76. The van der Waals surface area contributed by atoms with Crippen LogP contribution in [0.1, 0.15) is 18.5 Å². The van der Waals surface area contributed by atoms with Crippen molar-refractivity contribution in [2.75, 3.05) is 13.2 Å². The number of pyridine rings is 1. The Balaban J connectivity index is 1.95. The number of nitriles is 1. The topological polar surface area (TPSA) is 57.9 Å². The predicted octanol–water partition coefficient (Wildman–Crippen LogP) is 1.08. The van der Waals surface area contributed by atoms with Crippen LogP contribution in [0.5, 0.6) is 5.75 Å². The molecule has 4 nitrogen and oxygen atoms in total. The second-order valence-corrected chi connectivity index (χ2v) is 3.57. The van der Waals surface area contributed by atoms with Gasteiger partial charge in [0.15, 0.2) is 11.4 Å². The first-order valence-corrected chi connectivity index (χ1v) is 5.11. The molecule has 1 aromatic rings. The molecular formula is C11H13N3O. The summed E-state index contributed by atoms with van der Waals surface area (Å²) in [6.07, 6.45) is 3.94. The van der Waals surface area contributed by atoms with E-state index < -0.39 is 0 Å². The summed E-state index contributed by atoms with van der Waals surface area (Å²) in [4.78, 5) is 3.94. The average molecular weight is 203 g/mol. The summed E-state index contributed by atoms with van der Waals surface area (Å²) in [6, 6.07) is 5.98. The zero-order chi connectivity index (χ0) is 10.5. The second-order valence-electron chi connectivity index (χ2n) is 3.57. The van der Waals surface area contributed by atoms with Crippen LogP contribution in [0.15, 0.2) is 18.3 Å². The summed E-state index contributed by atoms with van der Waals surface area (Å²) in [5, 5.41) is 12.1. The van der Waals surface area contributed by atoms with Crippen LogP contribution >= 0.6 is 0 Å². The molecule has 78 valence electrons. The van der Waals surface area contributed by atoms with E-state index in [1.54, 1.807) is 18.3 Å². The molecule has 1 saturated heterocycles. The maximum absolute atomic E-state index is 8.80. The quantitative estimate of drug-likeness (QED) is 0.798. The van der Waals surface area contributed by atoms with Gasteiger partial charge in [0.1, 0.15) is 12.7 Å². The number of hydrogen-bond donors (Lipinski definition) is 1. The molecule has 1 N–H and O–H groups in total. The SMILES string of the molecule is N#Cc1ncccc1OCC1CCCN1. The van der Waals surface area contributed by atoms with E-state index in [1.165, 1.54) is 6.42 Å². The Kier molecular flexibility index (Phi) is 3.15. The normalized spacial score (nSPS) is 19.8. The van der Waals surface area contributed by atoms with E-state index in [4.69, 9.17) is 10.00 Å². The molecule has 1 aliphatic rings. The molecule has 0 saturated carbocycles. The fraction of sp³-hybridized carbons (Fsp3) is 0.455. The molecule has 4 heteroatoms. The van der Waals surface area contributed by atoms with Gasteiger partial charge in [-0.05, 0) is 31.5 Å². The highest BCUT2D eigenvalue weighted by Gasteiger charge is 2.15. The Morgan fingerprint density at radius 2 is 2.60 bits per heavy atom. The summed E-state index contributed by atoms with van der Waals surface area (Å²) < 4.78 is 5.56. The zero-order valence-corrected chi connectivity index (χ0v) is 8.44. The monoisotopic (exact) mass is 203 g/mol. The van der Waals surface area contributed by atoms with Crippen molar-refractivity contribution in [3.05, 3.63) is 24.0 Å². The van der Waals surface area contributed by atoms with Crippen molar-refractivity contribution in [2.24, 2.45) is 0 Å². The van der Waals surface area contributed by atoms with Gasteiger partial charge in [-0.2, -0.15) is 5.26 Å². The van der Waals surface area contributed by atoms with Crippen molar-refractivity contribution >= 4 is 0 Å². The van der Waals surface area contributed by atoms with E-state index in [0.29, 0.717) is 24.1 Å². The van der Waals surface area contributed by atoms with Crippen LogP contribution in [-0.4, -0.2) is 24.2 Å². The van der Waals surface area contributed by atoms with Gasteiger partial charge >= 0.3 is 0 Å². The van der Waals surface area contributed by atoms with Crippen LogP contribution in [0.2, 0.25) is 0 Å². The van der Waals surface area contributed by atoms with Gasteiger partial charge in [0, 0.05) is 12.2 Å². The van der Waals surface area contributed by atoms with Crippen LogP contribution in [-0.2, 0) is 0 Å². The van der Waals surface area contributed by atoms with Gasteiger partial charge in [-0.3, -0.25) is 0 Å². The van der Waals surface area contributed by atoms with Crippen LogP contribution < -0.4 is 10.1 Å². The average Bonchev–Trinajstić information content (AvgIpc) is 2.79. The molecule has 0 aromatic carbocycles. The Morgan fingerprint density at radius 1 is 1.67 bits per heavy atom. The van der Waals surface area contributed by atoms with Crippen molar-refractivity contribution in [1.82, 2.24) is 10.3 Å². The highest BCUT2D eigenvalue weighted by Crippen LogP contribution is 2.15. The number of nitrogens with one attached hydrogen (secondary N) is 1. The Hall–Kier alpha value is -1.60. The van der Waals surface area contributed by atoms with E-state index >= 15 is 0 Å². The first kappa shape index (κ1) is 9.94. The van der Waals surface area contributed by atoms with E-state index in [-0.39, 0.29) is 0 Å². The molecule has 0 bridgehead atoms. The molecule has 2 rings (SSSR count). The summed E-state index contributed by atoms with van der Waals surface area (Å²) in [5.41, 5.74) is 0.357. The van der Waals surface area contributed by atoms with Gasteiger partial charge < -0.3 is 10.1 Å². The molecule has 0 radical (unpaired) electrons. The third-order valence-electron chi connectivity index (χ3n) is 2.48. The van der Waals surface area contributed by atoms with Gasteiger partial charge in [-0.1, -0.05) is 0 Å². The van der Waals surface area contributed by atoms with Crippen LogP contribution in [0.25, 0.3) is 0 Å². The van der Waals surface area contributed by atoms with Crippen molar-refractivity contribution in [3.8, 4) is 11.8 Å². The smallest absolute Gasteiger partial charge is 0.182 e.